The van der Waals surface area contributed by atoms with Gasteiger partial charge in [-0.15, -0.1) is 0 Å². The van der Waals surface area contributed by atoms with Gasteiger partial charge in [-0.05, 0) is 73.4 Å². The van der Waals surface area contributed by atoms with Crippen molar-refractivity contribution in [3.05, 3.63) is 60.2 Å². The second-order valence-corrected chi connectivity index (χ2v) is 11.0. The summed E-state index contributed by atoms with van der Waals surface area (Å²) in [7, 11) is 0. The largest absolute Gasteiger partial charge is 0.381 e. The lowest BCUT2D eigenvalue weighted by atomic mass is 9.74. The molecular weight excluding hydrogens is 521 g/mol. The van der Waals surface area contributed by atoms with Crippen molar-refractivity contribution in [2.75, 3.05) is 43.1 Å². The van der Waals surface area contributed by atoms with Crippen LogP contribution in [0.3, 0.4) is 0 Å². The molecule has 1 aromatic carbocycles. The molecule has 38 heavy (non-hydrogen) atoms. The van der Waals surface area contributed by atoms with Crippen LogP contribution in [0.15, 0.2) is 59.0 Å². The van der Waals surface area contributed by atoms with Crippen molar-refractivity contribution in [1.82, 2.24) is 25.3 Å². The quantitative estimate of drug-likeness (QED) is 0.237. The van der Waals surface area contributed by atoms with Crippen molar-refractivity contribution >= 4 is 40.9 Å². The summed E-state index contributed by atoms with van der Waals surface area (Å²) in [6.45, 7) is 3.84. The van der Waals surface area contributed by atoms with Crippen LogP contribution in [0.1, 0.15) is 44.1 Å². The minimum Gasteiger partial charge on any atom is -0.381 e. The number of halogens is 1. The van der Waals surface area contributed by atoms with E-state index in [1.54, 1.807) is 18.5 Å². The molecule has 11 heteroatoms. The lowest BCUT2D eigenvalue weighted by Crippen LogP contribution is -2.45. The van der Waals surface area contributed by atoms with Gasteiger partial charge in [0.05, 0.1) is 0 Å². The number of benzene rings is 1. The molecule has 0 radical (unpaired) electrons. The van der Waals surface area contributed by atoms with E-state index in [9.17, 15) is 4.39 Å². The van der Waals surface area contributed by atoms with Gasteiger partial charge < -0.3 is 20.3 Å². The molecule has 2 fully saturated rings. The Morgan fingerprint density at radius 3 is 2.45 bits per heavy atom. The minimum atomic E-state index is -0.239. The molecule has 2 N–H and O–H groups in total. The molecule has 3 aromatic rings. The first-order chi connectivity index (χ1) is 18.6. The maximum absolute atomic E-state index is 13.6. The fourth-order valence-electron chi connectivity index (χ4n) is 4.94. The summed E-state index contributed by atoms with van der Waals surface area (Å²) in [5, 5.41) is 8.41. The van der Waals surface area contributed by atoms with Gasteiger partial charge in [0.15, 0.2) is 10.3 Å². The Morgan fingerprint density at radius 1 is 1.03 bits per heavy atom. The maximum Gasteiger partial charge on any atom is 0.232 e. The van der Waals surface area contributed by atoms with Gasteiger partial charge in [0, 0.05) is 56.7 Å². The van der Waals surface area contributed by atoms with Gasteiger partial charge in [0.25, 0.3) is 0 Å². The van der Waals surface area contributed by atoms with E-state index in [0.29, 0.717) is 36.0 Å². The molecule has 200 valence electrons. The molecule has 0 amide bonds. The van der Waals surface area contributed by atoms with E-state index < -0.39 is 0 Å². The van der Waals surface area contributed by atoms with Crippen LogP contribution in [0.5, 0.6) is 0 Å². The van der Waals surface area contributed by atoms with Crippen LogP contribution in [0, 0.1) is 5.82 Å². The fraction of sp³-hybridized carbons (Fsp3) is 0.444. The zero-order valence-corrected chi connectivity index (χ0v) is 22.9. The summed E-state index contributed by atoms with van der Waals surface area (Å²) in [5.74, 6) is 1.07. The van der Waals surface area contributed by atoms with Crippen molar-refractivity contribution in [3.63, 3.8) is 0 Å². The molecular formula is C27H32FN7OS2. The lowest BCUT2D eigenvalue weighted by Gasteiger charge is -2.38. The van der Waals surface area contributed by atoms with Crippen molar-refractivity contribution < 1.29 is 9.13 Å². The molecule has 2 saturated heterocycles. The Morgan fingerprint density at radius 2 is 1.74 bits per heavy atom. The predicted molar refractivity (Wildman–Crippen MR) is 151 cm³/mol. The Hall–Kier alpha value is -2.89. The standard InChI is InChI=1S/C27H32FN7OS2/c28-21-8-6-20(7-9-21)27(10-16-36-17-11-27)19-31-25(37)34-24-32-22(35-14-3-1-2-4-15-35)18-23(33-24)38-26-29-12-5-13-30-26/h5-9,12-13,18H,1-4,10-11,14-17,19H2,(H2,31,32,33,34,37). The highest BCUT2D eigenvalue weighted by Crippen LogP contribution is 2.34. The minimum absolute atomic E-state index is 0.196. The Kier molecular flexibility index (Phi) is 8.98. The van der Waals surface area contributed by atoms with Crippen LogP contribution in [0.25, 0.3) is 0 Å². The molecule has 0 bridgehead atoms. The van der Waals surface area contributed by atoms with Gasteiger partial charge in [0.1, 0.15) is 16.7 Å². The molecule has 0 spiro atoms. The summed E-state index contributed by atoms with van der Waals surface area (Å²) in [6, 6.07) is 10.5. The maximum atomic E-state index is 13.6. The number of ether oxygens (including phenoxy) is 1. The van der Waals surface area contributed by atoms with E-state index in [2.05, 4.69) is 25.5 Å². The first-order valence-electron chi connectivity index (χ1n) is 13.1. The monoisotopic (exact) mass is 553 g/mol. The van der Waals surface area contributed by atoms with E-state index in [0.717, 1.165) is 55.2 Å². The lowest BCUT2D eigenvalue weighted by molar-refractivity contribution is 0.0515. The molecule has 2 aliphatic heterocycles. The SMILES string of the molecule is Fc1ccc(C2(CNC(=S)Nc3nc(Sc4ncccn4)cc(N4CCCCCC4)n3)CCOCC2)cc1. The third kappa shape index (κ3) is 6.95. The van der Waals surface area contributed by atoms with Gasteiger partial charge >= 0.3 is 0 Å². The molecule has 2 aromatic heterocycles. The molecule has 4 heterocycles. The zero-order valence-electron chi connectivity index (χ0n) is 21.2. The number of hydrogen-bond donors (Lipinski definition) is 2. The zero-order chi connectivity index (χ0) is 26.2. The van der Waals surface area contributed by atoms with Crippen LogP contribution in [-0.2, 0) is 10.2 Å². The topological polar surface area (TPSA) is 88.1 Å². The number of thiocarbonyl (C=S) groups is 1. The van der Waals surface area contributed by atoms with Crippen LogP contribution in [0.2, 0.25) is 0 Å². The normalized spacial score (nSPS) is 17.4. The number of nitrogens with zero attached hydrogens (tertiary/aromatic N) is 5. The van der Waals surface area contributed by atoms with E-state index in [4.69, 9.17) is 26.9 Å². The highest BCUT2D eigenvalue weighted by Gasteiger charge is 2.34. The predicted octanol–water partition coefficient (Wildman–Crippen LogP) is 4.97. The van der Waals surface area contributed by atoms with Gasteiger partial charge in [-0.1, -0.05) is 25.0 Å². The number of aromatic nitrogens is 4. The summed E-state index contributed by atoms with van der Waals surface area (Å²) in [4.78, 5) is 20.5. The highest BCUT2D eigenvalue weighted by atomic mass is 32.2. The Balaban J connectivity index is 1.32. The van der Waals surface area contributed by atoms with Crippen LogP contribution in [-0.4, -0.2) is 57.9 Å². The number of hydrogen-bond acceptors (Lipinski definition) is 8. The molecule has 8 nitrogen and oxygen atoms in total. The molecule has 5 rings (SSSR count). The van der Waals surface area contributed by atoms with Gasteiger partial charge in [-0.2, -0.15) is 4.98 Å². The van der Waals surface area contributed by atoms with E-state index in [-0.39, 0.29) is 11.2 Å². The third-order valence-corrected chi connectivity index (χ3v) is 8.13. The van der Waals surface area contributed by atoms with Gasteiger partial charge in [0.2, 0.25) is 5.95 Å². The number of anilines is 2. The molecule has 0 atom stereocenters. The number of rotatable bonds is 7. The second-order valence-electron chi connectivity index (χ2n) is 9.63. The average Bonchev–Trinajstić information content (AvgIpc) is 3.23. The van der Waals surface area contributed by atoms with Crippen LogP contribution >= 0.6 is 24.0 Å². The van der Waals surface area contributed by atoms with Crippen LogP contribution in [0.4, 0.5) is 16.2 Å². The Labute approximate surface area is 232 Å². The molecule has 0 unspecified atom stereocenters. The van der Waals surface area contributed by atoms with E-state index in [1.807, 2.05) is 18.2 Å². The number of nitrogens with one attached hydrogen (secondary N) is 2. The van der Waals surface area contributed by atoms with Gasteiger partial charge in [-0.3, -0.25) is 0 Å². The molecule has 0 aliphatic carbocycles. The average molecular weight is 554 g/mol. The fourth-order valence-corrected chi connectivity index (χ4v) is 5.82. The van der Waals surface area contributed by atoms with Crippen molar-refractivity contribution in [2.24, 2.45) is 0 Å². The summed E-state index contributed by atoms with van der Waals surface area (Å²) < 4.78 is 19.2. The van der Waals surface area contributed by atoms with Gasteiger partial charge in [-0.25, -0.2) is 19.3 Å². The Bertz CT molecular complexity index is 1200. The van der Waals surface area contributed by atoms with E-state index >= 15 is 0 Å². The highest BCUT2D eigenvalue weighted by molar-refractivity contribution is 7.99. The first kappa shape index (κ1) is 26.7. The van der Waals surface area contributed by atoms with Crippen molar-refractivity contribution in [3.8, 4) is 0 Å². The molecule has 0 saturated carbocycles. The molecule has 2 aliphatic rings. The summed E-state index contributed by atoms with van der Waals surface area (Å²) in [5.41, 5.74) is 0.886. The van der Waals surface area contributed by atoms with Crippen LogP contribution < -0.4 is 15.5 Å². The smallest absolute Gasteiger partial charge is 0.232 e. The van der Waals surface area contributed by atoms with Crippen molar-refractivity contribution in [2.45, 2.75) is 54.1 Å². The third-order valence-electron chi connectivity index (χ3n) is 7.08. The summed E-state index contributed by atoms with van der Waals surface area (Å²) >= 11 is 7.08. The van der Waals surface area contributed by atoms with E-state index in [1.165, 1.54) is 36.7 Å². The first-order valence-corrected chi connectivity index (χ1v) is 14.3. The summed E-state index contributed by atoms with van der Waals surface area (Å²) in [6.07, 6.45) is 9.86. The second kappa shape index (κ2) is 12.8. The van der Waals surface area contributed by atoms with Crippen molar-refractivity contribution in [1.29, 1.82) is 0 Å².